The van der Waals surface area contributed by atoms with Gasteiger partial charge in [0.05, 0.1) is 42.2 Å². The average Bonchev–Trinajstić information content (AvgIpc) is 3.42. The van der Waals surface area contributed by atoms with Crippen molar-refractivity contribution in [2.45, 2.75) is 50.9 Å². The molecule has 0 bridgehead atoms. The van der Waals surface area contributed by atoms with Crippen molar-refractivity contribution in [3.8, 4) is 11.6 Å². The number of imidazole rings is 1. The molecule has 2 fully saturated rings. The number of nitrogens with zero attached hydrogens (tertiary/aromatic N) is 8. The normalized spacial score (nSPS) is 19.9. The molecule has 13 nitrogen and oxygen atoms in total. The molecule has 1 saturated carbocycles. The number of pyridine rings is 2. The maximum Gasteiger partial charge on any atom is 0.225 e. The zero-order valence-corrected chi connectivity index (χ0v) is 24.1. The van der Waals surface area contributed by atoms with Crippen molar-refractivity contribution < 1.29 is 14.2 Å². The zero-order chi connectivity index (χ0) is 29.1. The van der Waals surface area contributed by atoms with E-state index in [1.165, 1.54) is 0 Å². The first-order chi connectivity index (χ1) is 20.5. The van der Waals surface area contributed by atoms with Gasteiger partial charge in [0.25, 0.3) is 0 Å². The van der Waals surface area contributed by atoms with Crippen LogP contribution in [0, 0.1) is 5.21 Å². The third kappa shape index (κ3) is 5.88. The van der Waals surface area contributed by atoms with Crippen LogP contribution in [-0.2, 0) is 11.8 Å². The quantitative estimate of drug-likeness (QED) is 0.290. The van der Waals surface area contributed by atoms with Crippen LogP contribution in [-0.4, -0.2) is 75.0 Å². The summed E-state index contributed by atoms with van der Waals surface area (Å²) in [5.74, 6) is 2.93. The summed E-state index contributed by atoms with van der Waals surface area (Å²) < 4.78 is 20.1. The van der Waals surface area contributed by atoms with E-state index >= 15 is 0 Å². The van der Waals surface area contributed by atoms with E-state index in [9.17, 15) is 5.21 Å². The fourth-order valence-electron chi connectivity index (χ4n) is 5.67. The van der Waals surface area contributed by atoms with E-state index in [2.05, 4.69) is 31.8 Å². The summed E-state index contributed by atoms with van der Waals surface area (Å²) in [4.78, 5) is 27.0. The van der Waals surface area contributed by atoms with E-state index in [1.54, 1.807) is 36.4 Å². The van der Waals surface area contributed by atoms with Crippen LogP contribution in [0.3, 0.4) is 0 Å². The van der Waals surface area contributed by atoms with Crippen molar-refractivity contribution in [1.82, 2.24) is 29.5 Å². The Kier molecular flexibility index (Phi) is 8.20. The number of aromatic nitrogens is 6. The molecule has 6 rings (SSSR count). The van der Waals surface area contributed by atoms with Gasteiger partial charge in [-0.1, -0.05) is 0 Å². The predicted molar refractivity (Wildman–Crippen MR) is 159 cm³/mol. The van der Waals surface area contributed by atoms with Gasteiger partial charge in [-0.25, -0.2) is 15.0 Å². The third-order valence-electron chi connectivity index (χ3n) is 8.12. The lowest BCUT2D eigenvalue weighted by Gasteiger charge is -2.34. The molecule has 0 amide bonds. The first-order valence-corrected chi connectivity index (χ1v) is 14.4. The lowest BCUT2D eigenvalue weighted by atomic mass is 9.92. The van der Waals surface area contributed by atoms with Crippen LogP contribution in [0.25, 0.3) is 10.9 Å². The third-order valence-corrected chi connectivity index (χ3v) is 8.12. The minimum Gasteiger partial charge on any atom is -0.759 e. The molecule has 1 aliphatic heterocycles. The summed E-state index contributed by atoms with van der Waals surface area (Å²) in [5, 5.41) is 11.9. The van der Waals surface area contributed by atoms with Crippen molar-refractivity contribution in [2.75, 3.05) is 48.6 Å². The fraction of sp³-hybridized carbons (Fsp3) is 0.483. The lowest BCUT2D eigenvalue weighted by molar-refractivity contribution is 0.122. The summed E-state index contributed by atoms with van der Waals surface area (Å²) in [6, 6.07) is 6.11. The van der Waals surface area contributed by atoms with Crippen LogP contribution in [0.4, 0.5) is 17.7 Å². The molecule has 1 unspecified atom stereocenters. The van der Waals surface area contributed by atoms with Crippen molar-refractivity contribution in [1.29, 1.82) is 0 Å². The van der Waals surface area contributed by atoms with Crippen molar-refractivity contribution in [3.63, 3.8) is 0 Å². The first-order valence-electron chi connectivity index (χ1n) is 14.4. The monoisotopic (exact) mass is 574 g/mol. The second kappa shape index (κ2) is 12.3. The highest BCUT2D eigenvalue weighted by molar-refractivity contribution is 5.87. The van der Waals surface area contributed by atoms with Crippen LogP contribution in [0.15, 0.2) is 43.0 Å². The molecule has 1 aliphatic carbocycles. The number of hydrogen-bond donors (Lipinski definition) is 1. The van der Waals surface area contributed by atoms with Crippen molar-refractivity contribution >= 4 is 28.6 Å². The predicted octanol–water partition coefficient (Wildman–Crippen LogP) is 3.87. The van der Waals surface area contributed by atoms with Gasteiger partial charge in [-0.2, -0.15) is 4.98 Å². The van der Waals surface area contributed by atoms with Gasteiger partial charge >= 0.3 is 0 Å². The standard InChI is InChI=1S/C29H36N9O4/c1-19(25-18-33-29(35-39)37(25)3)41-22-15-23-24(32-17-22)16-26(38-11-13-40-14-12-38)34-27(23)42-21-7-5-20(6-8-21)36(2)28-30-9-4-10-31-28/h4,9-10,15-21H,5-8,11-14H2,1-3H3,(H-,33,35,39)/q-1. The highest BCUT2D eigenvalue weighted by Gasteiger charge is 2.28. The average molecular weight is 575 g/mol. The van der Waals surface area contributed by atoms with Gasteiger partial charge in [-0.3, -0.25) is 4.98 Å². The second-order valence-corrected chi connectivity index (χ2v) is 10.8. The Morgan fingerprint density at radius 1 is 1.05 bits per heavy atom. The Hall–Kier alpha value is -4.23. The molecular weight excluding hydrogens is 538 g/mol. The number of fused-ring (bicyclic) bond motifs is 1. The van der Waals surface area contributed by atoms with E-state index in [4.69, 9.17) is 24.2 Å². The van der Waals surface area contributed by atoms with Gasteiger partial charge in [-0.15, -0.1) is 0 Å². The first kappa shape index (κ1) is 27.9. The molecule has 4 aromatic heterocycles. The van der Waals surface area contributed by atoms with Crippen LogP contribution in [0.2, 0.25) is 0 Å². The van der Waals surface area contributed by atoms with Crippen molar-refractivity contribution in [3.05, 3.63) is 53.9 Å². The van der Waals surface area contributed by atoms with Gasteiger partial charge in [0.2, 0.25) is 11.8 Å². The van der Waals surface area contributed by atoms with Crippen LogP contribution >= 0.6 is 0 Å². The van der Waals surface area contributed by atoms with Crippen LogP contribution in [0.1, 0.15) is 44.4 Å². The zero-order valence-electron chi connectivity index (χ0n) is 24.1. The Bertz CT molecular complexity index is 1490. The maximum atomic E-state index is 11.1. The SMILES string of the molecule is CC(Oc1cnc2cc(N3CCOCC3)nc(OC3CCC(N(C)c4ncccn4)CC3)c2c1)c1cnc(N[O-])n1C. The molecule has 0 spiro atoms. The fourth-order valence-corrected chi connectivity index (χ4v) is 5.67. The topological polar surface area (TPSA) is 139 Å². The van der Waals surface area contributed by atoms with Gasteiger partial charge < -0.3 is 39.3 Å². The summed E-state index contributed by atoms with van der Waals surface area (Å²) >= 11 is 0. The minimum atomic E-state index is -0.366. The van der Waals surface area contributed by atoms with E-state index in [-0.39, 0.29) is 18.2 Å². The number of hydrogen-bond acceptors (Lipinski definition) is 12. The molecule has 0 aromatic carbocycles. The summed E-state index contributed by atoms with van der Waals surface area (Å²) in [5.41, 5.74) is 3.39. The van der Waals surface area contributed by atoms with Crippen LogP contribution in [0.5, 0.6) is 11.6 Å². The molecule has 5 heterocycles. The summed E-state index contributed by atoms with van der Waals surface area (Å²) in [7, 11) is 3.82. The molecule has 1 atom stereocenters. The largest absolute Gasteiger partial charge is 0.759 e. The number of rotatable bonds is 9. The molecule has 0 radical (unpaired) electrons. The highest BCUT2D eigenvalue weighted by atomic mass is 16.5. The van der Waals surface area contributed by atoms with E-state index < -0.39 is 0 Å². The Morgan fingerprint density at radius 3 is 2.52 bits per heavy atom. The smallest absolute Gasteiger partial charge is 0.225 e. The van der Waals surface area contributed by atoms with Gasteiger partial charge in [0, 0.05) is 51.7 Å². The number of nitrogens with one attached hydrogen (secondary N) is 1. The molecule has 222 valence electrons. The van der Waals surface area contributed by atoms with Crippen LogP contribution < -0.4 is 24.8 Å². The molecule has 2 aliphatic rings. The Balaban J connectivity index is 1.23. The highest BCUT2D eigenvalue weighted by Crippen LogP contribution is 2.35. The Morgan fingerprint density at radius 2 is 1.81 bits per heavy atom. The Labute approximate surface area is 244 Å². The second-order valence-electron chi connectivity index (χ2n) is 10.8. The summed E-state index contributed by atoms with van der Waals surface area (Å²) in [6.45, 7) is 4.76. The number of anilines is 3. The van der Waals surface area contributed by atoms with Gasteiger partial charge in [-0.05, 0) is 44.7 Å². The molecule has 1 saturated heterocycles. The molecule has 42 heavy (non-hydrogen) atoms. The lowest BCUT2D eigenvalue weighted by Crippen LogP contribution is -2.39. The number of ether oxygens (including phenoxy) is 3. The summed E-state index contributed by atoms with van der Waals surface area (Å²) in [6.07, 6.45) is 10.3. The maximum absolute atomic E-state index is 11.1. The molecular formula is C29H36N9O4-. The molecule has 4 aromatic rings. The van der Waals surface area contributed by atoms with E-state index in [1.807, 2.05) is 30.6 Å². The molecule has 13 heteroatoms. The van der Waals surface area contributed by atoms with Gasteiger partial charge in [0.1, 0.15) is 23.8 Å². The number of morpholine rings is 1. The van der Waals surface area contributed by atoms with Crippen molar-refractivity contribution in [2.24, 2.45) is 7.05 Å². The van der Waals surface area contributed by atoms with Gasteiger partial charge in [0.15, 0.2) is 5.95 Å². The molecule has 1 N–H and O–H groups in total. The van der Waals surface area contributed by atoms with E-state index in [0.717, 1.165) is 67.1 Å². The minimum absolute atomic E-state index is 0.0259. The van der Waals surface area contributed by atoms with E-state index in [0.29, 0.717) is 30.9 Å².